The topological polar surface area (TPSA) is 69.4 Å². The molecular formula is C9H5Cl2NO4. The quantitative estimate of drug-likeness (QED) is 0.363. The SMILES string of the molecule is O=C(OC=C(Cl)Cl)c1ccc([N+](=O)[O-])cc1. The number of nitrogens with zero attached hydrogens (tertiary/aromatic N) is 1. The highest BCUT2D eigenvalue weighted by atomic mass is 35.5. The standard InChI is InChI=1S/C9H5Cl2NO4/c10-8(11)5-16-9(13)6-1-3-7(4-2-6)12(14)15/h1-5H. The van der Waals surface area contributed by atoms with Crippen LogP contribution in [-0.4, -0.2) is 10.9 Å². The zero-order chi connectivity index (χ0) is 12.1. The van der Waals surface area contributed by atoms with Crippen molar-refractivity contribution in [3.8, 4) is 0 Å². The van der Waals surface area contributed by atoms with Crippen molar-refractivity contribution in [3.05, 3.63) is 50.7 Å². The molecule has 0 radical (unpaired) electrons. The Morgan fingerprint density at radius 1 is 1.31 bits per heavy atom. The Labute approximate surface area is 100 Å². The Morgan fingerprint density at radius 3 is 2.31 bits per heavy atom. The molecule has 1 aromatic rings. The van der Waals surface area contributed by atoms with E-state index in [9.17, 15) is 14.9 Å². The van der Waals surface area contributed by atoms with E-state index in [-0.39, 0.29) is 15.7 Å². The Hall–Kier alpha value is -1.59. The number of halogens is 2. The minimum atomic E-state index is -0.700. The summed E-state index contributed by atoms with van der Waals surface area (Å²) >= 11 is 10.5. The number of nitro benzene ring substituents is 1. The molecule has 0 heterocycles. The summed E-state index contributed by atoms with van der Waals surface area (Å²) in [6.45, 7) is 0. The molecule has 0 N–H and O–H groups in total. The predicted molar refractivity (Wildman–Crippen MR) is 58.3 cm³/mol. The zero-order valence-electron chi connectivity index (χ0n) is 7.72. The molecule has 1 rings (SSSR count). The molecule has 0 atom stereocenters. The molecule has 7 heteroatoms. The van der Waals surface area contributed by atoms with Crippen LogP contribution in [0.25, 0.3) is 0 Å². The number of non-ortho nitro benzene ring substituents is 1. The molecule has 0 saturated heterocycles. The molecule has 1 aromatic carbocycles. The first kappa shape index (κ1) is 12.5. The molecule has 5 nitrogen and oxygen atoms in total. The second-order valence-corrected chi connectivity index (χ2v) is 3.62. The molecule has 84 valence electrons. The van der Waals surface area contributed by atoms with E-state index in [1.54, 1.807) is 0 Å². The van der Waals surface area contributed by atoms with E-state index in [1.807, 2.05) is 0 Å². The first-order valence-corrected chi connectivity index (χ1v) is 4.73. The highest BCUT2D eigenvalue weighted by Crippen LogP contribution is 2.13. The molecule has 0 aliphatic carbocycles. The summed E-state index contributed by atoms with van der Waals surface area (Å²) in [5.74, 6) is -0.700. The van der Waals surface area contributed by atoms with Crippen LogP contribution in [0.5, 0.6) is 0 Å². The summed E-state index contributed by atoms with van der Waals surface area (Å²) in [6.07, 6.45) is 0.868. The summed E-state index contributed by atoms with van der Waals surface area (Å²) in [7, 11) is 0. The molecule has 0 saturated carbocycles. The second-order valence-electron chi connectivity index (χ2n) is 2.62. The van der Waals surface area contributed by atoms with Crippen molar-refractivity contribution < 1.29 is 14.5 Å². The maximum Gasteiger partial charge on any atom is 0.343 e. The van der Waals surface area contributed by atoms with Gasteiger partial charge in [0, 0.05) is 12.1 Å². The molecule has 0 fully saturated rings. The maximum atomic E-state index is 11.3. The summed E-state index contributed by atoms with van der Waals surface area (Å²) in [5, 5.41) is 10.3. The van der Waals surface area contributed by atoms with Crippen molar-refractivity contribution in [3.63, 3.8) is 0 Å². The van der Waals surface area contributed by atoms with Gasteiger partial charge in [-0.25, -0.2) is 4.79 Å². The number of rotatable bonds is 3. The summed E-state index contributed by atoms with van der Waals surface area (Å²) in [6, 6.07) is 4.94. The van der Waals surface area contributed by atoms with Crippen molar-refractivity contribution in [2.75, 3.05) is 0 Å². The van der Waals surface area contributed by atoms with Crippen LogP contribution >= 0.6 is 23.2 Å². The Kier molecular flexibility index (Phi) is 4.28. The second kappa shape index (κ2) is 5.48. The molecule has 0 spiro atoms. The van der Waals surface area contributed by atoms with Gasteiger partial charge in [0.05, 0.1) is 10.5 Å². The number of carbonyl (C=O) groups excluding carboxylic acids is 1. The summed E-state index contributed by atoms with van der Waals surface area (Å²) in [5.41, 5.74) is 0.0545. The molecule has 0 aliphatic rings. The van der Waals surface area contributed by atoms with E-state index >= 15 is 0 Å². The first-order valence-electron chi connectivity index (χ1n) is 3.97. The number of nitro groups is 1. The Bertz CT molecular complexity index is 437. The van der Waals surface area contributed by atoms with Crippen molar-refractivity contribution >= 4 is 34.9 Å². The van der Waals surface area contributed by atoms with Gasteiger partial charge < -0.3 is 4.74 Å². The van der Waals surface area contributed by atoms with E-state index in [4.69, 9.17) is 23.2 Å². The lowest BCUT2D eigenvalue weighted by Crippen LogP contribution is -2.00. The number of ether oxygens (including phenoxy) is 1. The van der Waals surface area contributed by atoms with Crippen molar-refractivity contribution in [1.29, 1.82) is 0 Å². The van der Waals surface area contributed by atoms with Gasteiger partial charge in [-0.05, 0) is 12.1 Å². The van der Waals surface area contributed by atoms with Gasteiger partial charge in [0.1, 0.15) is 10.8 Å². The Morgan fingerprint density at radius 2 is 1.88 bits per heavy atom. The van der Waals surface area contributed by atoms with Crippen molar-refractivity contribution in [2.45, 2.75) is 0 Å². The fourth-order valence-electron chi connectivity index (χ4n) is 0.885. The van der Waals surface area contributed by atoms with Gasteiger partial charge in [0.15, 0.2) is 0 Å². The lowest BCUT2D eigenvalue weighted by molar-refractivity contribution is -0.384. The number of hydrogen-bond acceptors (Lipinski definition) is 4. The molecule has 0 unspecified atom stereocenters. The summed E-state index contributed by atoms with van der Waals surface area (Å²) < 4.78 is 4.36. The van der Waals surface area contributed by atoms with Crippen LogP contribution in [0.1, 0.15) is 10.4 Å². The molecule has 16 heavy (non-hydrogen) atoms. The van der Waals surface area contributed by atoms with E-state index in [0.717, 1.165) is 6.26 Å². The van der Waals surface area contributed by atoms with Gasteiger partial charge in [0.2, 0.25) is 0 Å². The molecular weight excluding hydrogens is 257 g/mol. The molecule has 0 bridgehead atoms. The van der Waals surface area contributed by atoms with Gasteiger partial charge in [-0.15, -0.1) is 0 Å². The third kappa shape index (κ3) is 3.52. The Balaban J connectivity index is 2.78. The monoisotopic (exact) mass is 261 g/mol. The fourth-order valence-corrected chi connectivity index (χ4v) is 0.974. The van der Waals surface area contributed by atoms with Crippen molar-refractivity contribution in [1.82, 2.24) is 0 Å². The number of benzene rings is 1. The third-order valence-corrected chi connectivity index (χ3v) is 1.75. The van der Waals surface area contributed by atoms with Gasteiger partial charge in [-0.2, -0.15) is 0 Å². The lowest BCUT2D eigenvalue weighted by Gasteiger charge is -1.98. The van der Waals surface area contributed by atoms with Crippen LogP contribution < -0.4 is 0 Å². The number of esters is 1. The fraction of sp³-hybridized carbons (Fsp3) is 0. The third-order valence-electron chi connectivity index (χ3n) is 1.57. The van der Waals surface area contributed by atoms with Crippen LogP contribution in [0, 0.1) is 10.1 Å². The van der Waals surface area contributed by atoms with Crippen LogP contribution in [-0.2, 0) is 4.74 Å². The van der Waals surface area contributed by atoms with E-state index in [1.165, 1.54) is 24.3 Å². The van der Waals surface area contributed by atoms with Crippen LogP contribution in [0.15, 0.2) is 35.0 Å². The lowest BCUT2D eigenvalue weighted by atomic mass is 10.2. The van der Waals surface area contributed by atoms with Gasteiger partial charge in [-0.1, -0.05) is 23.2 Å². The van der Waals surface area contributed by atoms with Gasteiger partial charge in [0.25, 0.3) is 5.69 Å². The first-order chi connectivity index (χ1) is 7.50. The van der Waals surface area contributed by atoms with Crippen LogP contribution in [0.4, 0.5) is 5.69 Å². The smallest absolute Gasteiger partial charge is 0.343 e. The zero-order valence-corrected chi connectivity index (χ0v) is 9.23. The average Bonchev–Trinajstić information content (AvgIpc) is 2.26. The van der Waals surface area contributed by atoms with E-state index < -0.39 is 10.9 Å². The minimum Gasteiger partial charge on any atom is -0.428 e. The molecule has 0 amide bonds. The van der Waals surface area contributed by atoms with E-state index in [2.05, 4.69) is 4.74 Å². The number of hydrogen-bond donors (Lipinski definition) is 0. The largest absolute Gasteiger partial charge is 0.428 e. The van der Waals surface area contributed by atoms with Crippen molar-refractivity contribution in [2.24, 2.45) is 0 Å². The maximum absolute atomic E-state index is 11.3. The normalized spacial score (nSPS) is 9.38. The van der Waals surface area contributed by atoms with Gasteiger partial charge in [-0.3, -0.25) is 10.1 Å². The highest BCUT2D eigenvalue weighted by Gasteiger charge is 2.09. The van der Waals surface area contributed by atoms with E-state index in [0.29, 0.717) is 0 Å². The average molecular weight is 262 g/mol. The minimum absolute atomic E-state index is 0.109. The van der Waals surface area contributed by atoms with Gasteiger partial charge >= 0.3 is 5.97 Å². The highest BCUT2D eigenvalue weighted by molar-refractivity contribution is 6.55. The summed E-state index contributed by atoms with van der Waals surface area (Å²) in [4.78, 5) is 21.1. The number of carbonyl (C=O) groups is 1. The molecule has 0 aromatic heterocycles. The molecule has 0 aliphatic heterocycles. The van der Waals surface area contributed by atoms with Crippen LogP contribution in [0.2, 0.25) is 0 Å². The van der Waals surface area contributed by atoms with Crippen LogP contribution in [0.3, 0.4) is 0 Å². The predicted octanol–water partition coefficient (Wildman–Crippen LogP) is 3.03.